The van der Waals surface area contributed by atoms with Crippen molar-refractivity contribution in [1.29, 1.82) is 0 Å². The summed E-state index contributed by atoms with van der Waals surface area (Å²) in [7, 11) is -7.56. The number of carbonyl (C=O) groups is 1. The van der Waals surface area contributed by atoms with Gasteiger partial charge in [-0.25, -0.2) is 4.79 Å². The van der Waals surface area contributed by atoms with Gasteiger partial charge in [0.05, 0.1) is 0 Å². The van der Waals surface area contributed by atoms with Gasteiger partial charge in [-0.15, -0.1) is 0 Å². The Morgan fingerprint density at radius 2 is 1.42 bits per heavy atom. The van der Waals surface area contributed by atoms with Crippen molar-refractivity contribution in [3.8, 4) is 0 Å². The number of rotatable bonds is 7. The summed E-state index contributed by atoms with van der Waals surface area (Å²) in [4.78, 5) is 11.4. The Balaban J connectivity index is 4.92. The zero-order valence-electron chi connectivity index (χ0n) is 12.9. The van der Waals surface area contributed by atoms with Crippen molar-refractivity contribution >= 4 is 30.2 Å². The second kappa shape index (κ2) is 6.50. The van der Waals surface area contributed by atoms with Crippen LogP contribution in [0, 0.1) is 0 Å². The van der Waals surface area contributed by atoms with Crippen molar-refractivity contribution in [2.45, 2.75) is 46.2 Å². The smallest absolute Gasteiger partial charge is 0.348 e. The highest BCUT2D eigenvalue weighted by molar-refractivity contribution is 7.56. The molecule has 0 spiro atoms. The zero-order valence-corrected chi connectivity index (χ0v) is 15.8. The van der Waals surface area contributed by atoms with Crippen LogP contribution in [-0.2, 0) is 22.5 Å². The van der Waals surface area contributed by atoms with E-state index in [4.69, 9.17) is 13.2 Å². The van der Waals surface area contributed by atoms with Crippen molar-refractivity contribution in [1.82, 2.24) is 0 Å². The molecule has 0 radical (unpaired) electrons. The van der Waals surface area contributed by atoms with Crippen LogP contribution >= 0.6 is 7.60 Å². The lowest BCUT2D eigenvalue weighted by Gasteiger charge is -2.30. The van der Waals surface area contributed by atoms with E-state index >= 15 is 0 Å². The topological polar surface area (TPSA) is 61.8 Å². The van der Waals surface area contributed by atoms with Crippen LogP contribution in [-0.4, -0.2) is 29.0 Å². The highest BCUT2D eigenvalue weighted by Gasteiger charge is 2.37. The van der Waals surface area contributed by atoms with Gasteiger partial charge in [0.25, 0.3) is 0 Å². The molecule has 0 bridgehead atoms. The molecule has 112 valence electrons. The van der Waals surface area contributed by atoms with E-state index in [1.54, 1.807) is 0 Å². The highest BCUT2D eigenvalue weighted by Crippen LogP contribution is 2.52. The Labute approximate surface area is 118 Å². The number of carbonyl (C=O) groups excluding carboxylic acids is 1. The molecule has 0 amide bonds. The Morgan fingerprint density at radius 1 is 1.05 bits per heavy atom. The number of hydrogen-bond donors (Lipinski definition) is 0. The Morgan fingerprint density at radius 3 is 1.68 bits per heavy atom. The van der Waals surface area contributed by atoms with Gasteiger partial charge >= 0.3 is 13.6 Å². The van der Waals surface area contributed by atoms with Gasteiger partial charge in [0.15, 0.2) is 23.0 Å². The molecule has 0 aliphatic rings. The third-order valence-electron chi connectivity index (χ3n) is 1.53. The number of ether oxygens (including phenoxy) is 1. The lowest BCUT2D eigenvalue weighted by atomic mass is 10.4. The maximum absolute atomic E-state index is 12.7. The second-order valence-electron chi connectivity index (χ2n) is 6.36. The Hall–Kier alpha value is -0.206. The molecule has 19 heavy (non-hydrogen) atoms. The van der Waals surface area contributed by atoms with Gasteiger partial charge in [0, 0.05) is 5.57 Å². The monoisotopic (exact) mass is 324 g/mol. The Bertz CT molecular complexity index is 375. The van der Waals surface area contributed by atoms with E-state index in [9.17, 15) is 9.36 Å². The molecule has 0 unspecified atom stereocenters. The third-order valence-corrected chi connectivity index (χ3v) is 8.58. The summed E-state index contributed by atoms with van der Waals surface area (Å²) in [5.74, 6) is -0.585. The van der Waals surface area contributed by atoms with Crippen molar-refractivity contribution < 1.29 is 22.5 Å². The average molecular weight is 324 g/mol. The first-order valence-corrected chi connectivity index (χ1v) is 14.6. The van der Waals surface area contributed by atoms with Crippen molar-refractivity contribution in [2.24, 2.45) is 0 Å². The molecule has 0 aromatic heterocycles. The summed E-state index contributed by atoms with van der Waals surface area (Å²) in [6.07, 6.45) is -0.354. The predicted octanol–water partition coefficient (Wildman–Crippen LogP) is 3.96. The van der Waals surface area contributed by atoms with E-state index in [-0.39, 0.29) is 11.9 Å². The quantitative estimate of drug-likeness (QED) is 0.307. The fourth-order valence-electron chi connectivity index (χ4n) is 1.17. The van der Waals surface area contributed by atoms with Crippen LogP contribution in [0.25, 0.3) is 0 Å². The van der Waals surface area contributed by atoms with Crippen LogP contribution in [0.3, 0.4) is 0 Å². The molecule has 0 atom stereocenters. The Kier molecular flexibility index (Phi) is 6.43. The zero-order chi connectivity index (χ0) is 15.5. The molecular formula is C11H25O5PSi2. The normalized spacial score (nSPS) is 13.2. The lowest BCUT2D eigenvalue weighted by Crippen LogP contribution is -2.31. The summed E-state index contributed by atoms with van der Waals surface area (Å²) in [5, 5.41) is 0. The summed E-state index contributed by atoms with van der Waals surface area (Å²) in [5.41, 5.74) is 0.257. The van der Waals surface area contributed by atoms with Crippen LogP contribution in [0.2, 0.25) is 39.3 Å². The van der Waals surface area contributed by atoms with Gasteiger partial charge in [0.2, 0.25) is 0 Å². The molecule has 0 aliphatic heterocycles. The summed E-state index contributed by atoms with van der Waals surface area (Å²) < 4.78 is 28.9. The summed E-state index contributed by atoms with van der Waals surface area (Å²) in [6.45, 7) is 16.5. The molecule has 8 heteroatoms. The fourth-order valence-corrected chi connectivity index (χ4v) is 9.02. The third kappa shape index (κ3) is 9.34. The fraction of sp³-hybridized carbons (Fsp3) is 0.727. The maximum atomic E-state index is 12.7. The molecule has 5 nitrogen and oxygen atoms in total. The SMILES string of the molecule is C=C(C)C(=O)OCP(=O)(O[Si](C)(C)C)O[Si](C)(C)C. The van der Waals surface area contributed by atoms with Crippen molar-refractivity contribution in [3.05, 3.63) is 12.2 Å². The van der Waals surface area contributed by atoms with Crippen LogP contribution in [0.5, 0.6) is 0 Å². The van der Waals surface area contributed by atoms with Crippen molar-refractivity contribution in [3.63, 3.8) is 0 Å². The highest BCUT2D eigenvalue weighted by atomic mass is 31.2. The largest absolute Gasteiger partial charge is 0.449 e. The predicted molar refractivity (Wildman–Crippen MR) is 82.2 cm³/mol. The molecular weight excluding hydrogens is 299 g/mol. The number of hydrogen-bond acceptors (Lipinski definition) is 5. The molecule has 0 aromatic rings. The van der Waals surface area contributed by atoms with Gasteiger partial charge in [0.1, 0.15) is 0 Å². The minimum Gasteiger partial charge on any atom is -0.449 e. The standard InChI is InChI=1S/C11H25O5PSi2/c1-10(2)11(12)14-9-17(13,15-18(3,4)5)16-19(6,7)8/h1,9H2,2-8H3. The molecule has 0 saturated heterocycles. The first kappa shape index (κ1) is 18.8. The molecule has 0 aliphatic carbocycles. The van der Waals surface area contributed by atoms with E-state index in [1.807, 2.05) is 39.3 Å². The van der Waals surface area contributed by atoms with Gasteiger partial charge in [-0.05, 0) is 46.2 Å². The summed E-state index contributed by atoms with van der Waals surface area (Å²) >= 11 is 0. The second-order valence-corrected chi connectivity index (χ2v) is 17.7. The minimum absolute atomic E-state index is 0.257. The van der Waals surface area contributed by atoms with Gasteiger partial charge < -0.3 is 13.2 Å². The molecule has 0 N–H and O–H groups in total. The van der Waals surface area contributed by atoms with Crippen LogP contribution in [0.1, 0.15) is 6.92 Å². The van der Waals surface area contributed by atoms with E-state index < -0.39 is 30.2 Å². The van der Waals surface area contributed by atoms with Gasteiger partial charge in [-0.1, -0.05) is 6.58 Å². The van der Waals surface area contributed by atoms with E-state index in [2.05, 4.69) is 6.58 Å². The number of esters is 1. The van der Waals surface area contributed by atoms with Crippen LogP contribution < -0.4 is 0 Å². The molecule has 0 rings (SSSR count). The van der Waals surface area contributed by atoms with E-state index in [1.165, 1.54) is 6.92 Å². The summed E-state index contributed by atoms with van der Waals surface area (Å²) in [6, 6.07) is 0. The van der Waals surface area contributed by atoms with Crippen molar-refractivity contribution in [2.75, 3.05) is 6.35 Å². The average Bonchev–Trinajstić information content (AvgIpc) is 2.07. The molecule has 0 heterocycles. The molecule has 0 fully saturated rings. The van der Waals surface area contributed by atoms with Crippen LogP contribution in [0.4, 0.5) is 0 Å². The maximum Gasteiger partial charge on any atom is 0.348 e. The minimum atomic E-state index is -3.42. The first-order chi connectivity index (χ1) is 8.24. The van der Waals surface area contributed by atoms with Gasteiger partial charge in [-0.2, -0.15) is 0 Å². The first-order valence-electron chi connectivity index (χ1n) is 6.07. The molecule has 0 saturated carbocycles. The lowest BCUT2D eigenvalue weighted by molar-refractivity contribution is -0.137. The van der Waals surface area contributed by atoms with E-state index in [0.717, 1.165) is 0 Å². The van der Waals surface area contributed by atoms with E-state index in [0.29, 0.717) is 0 Å². The van der Waals surface area contributed by atoms with Gasteiger partial charge in [-0.3, -0.25) is 4.57 Å². The van der Waals surface area contributed by atoms with Crippen LogP contribution in [0.15, 0.2) is 12.2 Å². The molecule has 0 aromatic carbocycles.